The topological polar surface area (TPSA) is 102 Å². The van der Waals surface area contributed by atoms with E-state index in [0.29, 0.717) is 30.1 Å². The summed E-state index contributed by atoms with van der Waals surface area (Å²) in [5.74, 6) is 0.914. The molecule has 34 heavy (non-hydrogen) atoms. The first kappa shape index (κ1) is 23.3. The molecule has 0 atom stereocenters. The van der Waals surface area contributed by atoms with E-state index in [0.717, 1.165) is 16.9 Å². The van der Waals surface area contributed by atoms with Gasteiger partial charge in [0.25, 0.3) is 15.9 Å². The fourth-order valence-corrected chi connectivity index (χ4v) is 5.16. The lowest BCUT2D eigenvalue weighted by molar-refractivity contribution is 0.0952. The van der Waals surface area contributed by atoms with Crippen LogP contribution in [0, 0.1) is 13.8 Å². The number of ether oxygens (including phenoxy) is 1. The Balaban J connectivity index is 1.49. The van der Waals surface area contributed by atoms with Gasteiger partial charge in [0.2, 0.25) is 0 Å². The number of para-hydroxylation sites is 4. The van der Waals surface area contributed by atoms with Crippen molar-refractivity contribution in [1.82, 2.24) is 14.9 Å². The summed E-state index contributed by atoms with van der Waals surface area (Å²) in [7, 11) is -2.47. The minimum Gasteiger partial charge on any atom is -0.495 e. The number of nitrogens with zero attached hydrogens (tertiary/aromatic N) is 2. The van der Waals surface area contributed by atoms with Gasteiger partial charge in [0, 0.05) is 18.7 Å². The van der Waals surface area contributed by atoms with Gasteiger partial charge in [-0.15, -0.1) is 0 Å². The number of fused-ring (bicyclic) bond motifs is 1. The molecule has 0 bridgehead atoms. The standard InChI is InChI=1S/C25H26N4O4S/c1-17-12-13-19(16-24(17)34(31,32)28-21-9-5-7-11-23(21)33-3)25(30)26-14-15-29-18(2)27-20-8-4-6-10-22(20)29/h4-13,16,28H,14-15H2,1-3H3,(H,26,30). The molecule has 0 unspecified atom stereocenters. The predicted molar refractivity (Wildman–Crippen MR) is 132 cm³/mol. The van der Waals surface area contributed by atoms with Crippen molar-refractivity contribution >= 4 is 32.7 Å². The van der Waals surface area contributed by atoms with Crippen LogP contribution in [-0.2, 0) is 16.6 Å². The molecule has 4 aromatic rings. The summed E-state index contributed by atoms with van der Waals surface area (Å²) >= 11 is 0. The van der Waals surface area contributed by atoms with E-state index in [2.05, 4.69) is 15.0 Å². The number of carbonyl (C=O) groups excluding carboxylic acids is 1. The Morgan fingerprint density at radius 3 is 2.56 bits per heavy atom. The molecule has 0 radical (unpaired) electrons. The lowest BCUT2D eigenvalue weighted by Crippen LogP contribution is -2.28. The van der Waals surface area contributed by atoms with Gasteiger partial charge >= 0.3 is 0 Å². The van der Waals surface area contributed by atoms with Crippen molar-refractivity contribution in [2.45, 2.75) is 25.3 Å². The van der Waals surface area contributed by atoms with E-state index in [9.17, 15) is 13.2 Å². The number of aromatic nitrogens is 2. The molecule has 0 aliphatic rings. The molecule has 0 fully saturated rings. The van der Waals surface area contributed by atoms with Gasteiger partial charge in [0.05, 0.1) is 28.7 Å². The molecule has 0 aliphatic heterocycles. The second-order valence-electron chi connectivity index (χ2n) is 7.84. The van der Waals surface area contributed by atoms with Crippen molar-refractivity contribution in [2.24, 2.45) is 0 Å². The summed E-state index contributed by atoms with van der Waals surface area (Å²) in [6, 6.07) is 19.2. The fraction of sp³-hybridized carbons (Fsp3) is 0.200. The summed E-state index contributed by atoms with van der Waals surface area (Å²) in [5.41, 5.74) is 3.02. The maximum atomic E-state index is 13.1. The Hall–Kier alpha value is -3.85. The maximum Gasteiger partial charge on any atom is 0.262 e. The zero-order valence-corrected chi connectivity index (χ0v) is 20.0. The summed E-state index contributed by atoms with van der Waals surface area (Å²) in [6.07, 6.45) is 0. The Morgan fingerprint density at radius 2 is 1.76 bits per heavy atom. The van der Waals surface area contributed by atoms with E-state index in [1.165, 1.54) is 13.2 Å². The van der Waals surface area contributed by atoms with Crippen LogP contribution in [0.25, 0.3) is 11.0 Å². The highest BCUT2D eigenvalue weighted by Gasteiger charge is 2.21. The van der Waals surface area contributed by atoms with Crippen LogP contribution >= 0.6 is 0 Å². The van der Waals surface area contributed by atoms with Gasteiger partial charge in [-0.3, -0.25) is 9.52 Å². The lowest BCUT2D eigenvalue weighted by atomic mass is 10.1. The molecule has 1 heterocycles. The number of imidazole rings is 1. The number of anilines is 1. The van der Waals surface area contributed by atoms with Gasteiger partial charge in [-0.2, -0.15) is 0 Å². The predicted octanol–water partition coefficient (Wildman–Crippen LogP) is 3.89. The van der Waals surface area contributed by atoms with Gasteiger partial charge in [0.15, 0.2) is 0 Å². The van der Waals surface area contributed by atoms with E-state index in [4.69, 9.17) is 4.74 Å². The van der Waals surface area contributed by atoms with Crippen LogP contribution < -0.4 is 14.8 Å². The van der Waals surface area contributed by atoms with Crippen LogP contribution in [0.15, 0.2) is 71.6 Å². The highest BCUT2D eigenvalue weighted by Crippen LogP contribution is 2.27. The number of sulfonamides is 1. The molecule has 0 aliphatic carbocycles. The summed E-state index contributed by atoms with van der Waals surface area (Å²) in [4.78, 5) is 17.4. The summed E-state index contributed by atoms with van der Waals surface area (Å²) in [6.45, 7) is 4.53. The minimum absolute atomic E-state index is 0.0301. The zero-order chi connectivity index (χ0) is 24.3. The first-order valence-corrected chi connectivity index (χ1v) is 12.2. The van der Waals surface area contributed by atoms with Crippen LogP contribution in [0.5, 0.6) is 5.75 Å². The van der Waals surface area contributed by atoms with Gasteiger partial charge in [-0.05, 0) is 55.8 Å². The first-order chi connectivity index (χ1) is 16.3. The third kappa shape index (κ3) is 4.74. The van der Waals surface area contributed by atoms with Crippen LogP contribution in [0.4, 0.5) is 5.69 Å². The molecule has 0 saturated heterocycles. The van der Waals surface area contributed by atoms with Gasteiger partial charge in [-0.25, -0.2) is 13.4 Å². The fourth-order valence-electron chi connectivity index (χ4n) is 3.82. The Labute approximate surface area is 198 Å². The van der Waals surface area contributed by atoms with Gasteiger partial charge in [-0.1, -0.05) is 30.3 Å². The highest BCUT2D eigenvalue weighted by atomic mass is 32.2. The average molecular weight is 479 g/mol. The van der Waals surface area contributed by atoms with Crippen molar-refractivity contribution in [2.75, 3.05) is 18.4 Å². The van der Waals surface area contributed by atoms with Crippen molar-refractivity contribution in [3.05, 3.63) is 83.7 Å². The molecule has 9 heteroatoms. The molecule has 1 amide bonds. The van der Waals surface area contributed by atoms with E-state index in [-0.39, 0.29) is 16.4 Å². The molecular formula is C25H26N4O4S. The SMILES string of the molecule is COc1ccccc1NS(=O)(=O)c1cc(C(=O)NCCn2c(C)nc3ccccc32)ccc1C. The number of rotatable bonds is 8. The Morgan fingerprint density at radius 1 is 1.03 bits per heavy atom. The molecule has 3 aromatic carbocycles. The largest absolute Gasteiger partial charge is 0.495 e. The number of amides is 1. The molecule has 0 spiro atoms. The van der Waals surface area contributed by atoms with Crippen LogP contribution in [0.2, 0.25) is 0 Å². The van der Waals surface area contributed by atoms with Crippen molar-refractivity contribution in [3.8, 4) is 5.75 Å². The average Bonchev–Trinajstić information content (AvgIpc) is 3.14. The Bertz CT molecular complexity index is 1460. The zero-order valence-electron chi connectivity index (χ0n) is 19.2. The number of benzene rings is 3. The van der Waals surface area contributed by atoms with Crippen LogP contribution in [0.1, 0.15) is 21.7 Å². The minimum atomic E-state index is -3.94. The van der Waals surface area contributed by atoms with Crippen LogP contribution in [0.3, 0.4) is 0 Å². The normalized spacial score (nSPS) is 11.4. The molecule has 8 nitrogen and oxygen atoms in total. The van der Waals surface area contributed by atoms with Crippen molar-refractivity contribution in [1.29, 1.82) is 0 Å². The van der Waals surface area contributed by atoms with Crippen LogP contribution in [-0.4, -0.2) is 37.5 Å². The second-order valence-corrected chi connectivity index (χ2v) is 9.49. The number of aryl methyl sites for hydroxylation is 2. The summed E-state index contributed by atoms with van der Waals surface area (Å²) in [5, 5.41) is 2.87. The first-order valence-electron chi connectivity index (χ1n) is 10.8. The summed E-state index contributed by atoms with van der Waals surface area (Å²) < 4.78 is 36.0. The molecule has 176 valence electrons. The highest BCUT2D eigenvalue weighted by molar-refractivity contribution is 7.92. The number of methoxy groups -OCH3 is 1. The molecule has 1 aromatic heterocycles. The number of hydrogen-bond acceptors (Lipinski definition) is 5. The monoisotopic (exact) mass is 478 g/mol. The van der Waals surface area contributed by atoms with E-state index >= 15 is 0 Å². The van der Waals surface area contributed by atoms with Gasteiger partial charge < -0.3 is 14.6 Å². The quantitative estimate of drug-likeness (QED) is 0.400. The molecular weight excluding hydrogens is 452 g/mol. The Kier molecular flexibility index (Phi) is 6.56. The number of carbonyl (C=O) groups is 1. The third-order valence-electron chi connectivity index (χ3n) is 5.56. The molecule has 0 saturated carbocycles. The van der Waals surface area contributed by atoms with Crippen molar-refractivity contribution in [3.63, 3.8) is 0 Å². The van der Waals surface area contributed by atoms with E-state index < -0.39 is 10.0 Å². The number of nitrogens with one attached hydrogen (secondary N) is 2. The molecule has 2 N–H and O–H groups in total. The third-order valence-corrected chi connectivity index (χ3v) is 7.07. The maximum absolute atomic E-state index is 13.1. The van der Waals surface area contributed by atoms with E-state index in [1.54, 1.807) is 43.3 Å². The molecule has 4 rings (SSSR count). The smallest absolute Gasteiger partial charge is 0.262 e. The lowest BCUT2D eigenvalue weighted by Gasteiger charge is -2.14. The van der Waals surface area contributed by atoms with E-state index in [1.807, 2.05) is 35.8 Å². The van der Waals surface area contributed by atoms with Gasteiger partial charge in [0.1, 0.15) is 11.6 Å². The number of hydrogen-bond donors (Lipinski definition) is 2. The van der Waals surface area contributed by atoms with Crippen molar-refractivity contribution < 1.29 is 17.9 Å². The second kappa shape index (κ2) is 9.56.